The van der Waals surface area contributed by atoms with E-state index < -0.39 is 0 Å². The van der Waals surface area contributed by atoms with Gasteiger partial charge in [-0.05, 0) is 38.0 Å². The zero-order chi connectivity index (χ0) is 19.2. The highest BCUT2D eigenvalue weighted by molar-refractivity contribution is 5.92. The number of carbonyl (C=O) groups is 1. The van der Waals surface area contributed by atoms with Crippen molar-refractivity contribution in [2.45, 2.75) is 20.8 Å². The number of benzene rings is 1. The van der Waals surface area contributed by atoms with Gasteiger partial charge in [0.25, 0.3) is 0 Å². The number of rotatable bonds is 5. The number of nitrogens with zero attached hydrogens (tertiary/aromatic N) is 4. The SMILES string of the molecule is CCNc1nc(C)cc(N2CCN(C(=O)/C=C/c3ccccc3C)CC2)n1. The number of piperazine rings is 1. The summed E-state index contributed by atoms with van der Waals surface area (Å²) in [6.07, 6.45) is 3.58. The first-order chi connectivity index (χ1) is 13.1. The van der Waals surface area contributed by atoms with E-state index in [1.54, 1.807) is 6.08 Å². The van der Waals surface area contributed by atoms with Gasteiger partial charge in [0.05, 0.1) is 0 Å². The van der Waals surface area contributed by atoms with Crippen LogP contribution in [0, 0.1) is 13.8 Å². The minimum atomic E-state index is 0.0603. The molecule has 27 heavy (non-hydrogen) atoms. The summed E-state index contributed by atoms with van der Waals surface area (Å²) in [5, 5.41) is 3.17. The number of aryl methyl sites for hydroxylation is 2. The predicted octanol–water partition coefficient (Wildman–Crippen LogP) is 2.89. The normalized spacial score (nSPS) is 14.6. The van der Waals surface area contributed by atoms with E-state index in [-0.39, 0.29) is 5.91 Å². The molecule has 0 unspecified atom stereocenters. The van der Waals surface area contributed by atoms with Gasteiger partial charge in [-0.15, -0.1) is 0 Å². The van der Waals surface area contributed by atoms with Crippen LogP contribution in [0.5, 0.6) is 0 Å². The number of aromatic nitrogens is 2. The zero-order valence-electron chi connectivity index (χ0n) is 16.3. The van der Waals surface area contributed by atoms with Gasteiger partial charge in [-0.25, -0.2) is 4.98 Å². The van der Waals surface area contributed by atoms with Gasteiger partial charge in [-0.2, -0.15) is 4.98 Å². The fraction of sp³-hybridized carbons (Fsp3) is 0.381. The van der Waals surface area contributed by atoms with Crippen LogP contribution in [-0.4, -0.2) is 53.5 Å². The maximum Gasteiger partial charge on any atom is 0.246 e. The third kappa shape index (κ3) is 4.84. The highest BCUT2D eigenvalue weighted by atomic mass is 16.2. The van der Waals surface area contributed by atoms with Gasteiger partial charge < -0.3 is 15.1 Å². The van der Waals surface area contributed by atoms with Gasteiger partial charge in [0, 0.05) is 50.6 Å². The Morgan fingerprint density at radius 1 is 1.15 bits per heavy atom. The summed E-state index contributed by atoms with van der Waals surface area (Å²) in [4.78, 5) is 25.6. The van der Waals surface area contributed by atoms with Crippen molar-refractivity contribution in [3.63, 3.8) is 0 Å². The van der Waals surface area contributed by atoms with Crippen LogP contribution in [0.2, 0.25) is 0 Å². The van der Waals surface area contributed by atoms with E-state index in [4.69, 9.17) is 0 Å². The monoisotopic (exact) mass is 365 g/mol. The second-order valence-corrected chi connectivity index (χ2v) is 6.72. The number of carbonyl (C=O) groups excluding carboxylic acids is 1. The second kappa shape index (κ2) is 8.66. The van der Waals surface area contributed by atoms with Crippen LogP contribution < -0.4 is 10.2 Å². The standard InChI is InChI=1S/C21H27N5O/c1-4-22-21-23-17(3)15-19(24-21)25-11-13-26(14-12-25)20(27)10-9-18-8-6-5-7-16(18)2/h5-10,15H,4,11-14H2,1-3H3,(H,22,23,24)/b10-9+. The molecule has 1 amide bonds. The van der Waals surface area contributed by atoms with Crippen molar-refractivity contribution in [2.24, 2.45) is 0 Å². The van der Waals surface area contributed by atoms with Gasteiger partial charge in [0.2, 0.25) is 11.9 Å². The molecule has 1 saturated heterocycles. The van der Waals surface area contributed by atoms with Crippen molar-refractivity contribution in [1.29, 1.82) is 0 Å². The molecule has 2 heterocycles. The molecule has 0 aliphatic carbocycles. The maximum absolute atomic E-state index is 12.5. The lowest BCUT2D eigenvalue weighted by molar-refractivity contribution is -0.126. The molecule has 6 heteroatoms. The molecule has 0 saturated carbocycles. The second-order valence-electron chi connectivity index (χ2n) is 6.72. The molecule has 0 atom stereocenters. The fourth-order valence-electron chi connectivity index (χ4n) is 3.15. The predicted molar refractivity (Wildman–Crippen MR) is 110 cm³/mol. The highest BCUT2D eigenvalue weighted by Gasteiger charge is 2.21. The summed E-state index contributed by atoms with van der Waals surface area (Å²) >= 11 is 0. The van der Waals surface area contributed by atoms with E-state index in [0.717, 1.165) is 36.7 Å². The molecular weight excluding hydrogens is 338 g/mol. The Hall–Kier alpha value is -2.89. The summed E-state index contributed by atoms with van der Waals surface area (Å²) in [7, 11) is 0. The summed E-state index contributed by atoms with van der Waals surface area (Å²) in [5.74, 6) is 1.64. The van der Waals surface area contributed by atoms with Crippen molar-refractivity contribution in [3.05, 3.63) is 53.2 Å². The number of amides is 1. The number of hydrogen-bond donors (Lipinski definition) is 1. The van der Waals surface area contributed by atoms with Gasteiger partial charge >= 0.3 is 0 Å². The Morgan fingerprint density at radius 2 is 1.89 bits per heavy atom. The van der Waals surface area contributed by atoms with Crippen molar-refractivity contribution in [1.82, 2.24) is 14.9 Å². The van der Waals surface area contributed by atoms with E-state index in [1.807, 2.05) is 62.1 Å². The van der Waals surface area contributed by atoms with Crippen LogP contribution in [0.1, 0.15) is 23.7 Å². The van der Waals surface area contributed by atoms with Crippen molar-refractivity contribution in [3.8, 4) is 0 Å². The summed E-state index contributed by atoms with van der Waals surface area (Å²) < 4.78 is 0. The van der Waals surface area contributed by atoms with Gasteiger partial charge in [-0.1, -0.05) is 24.3 Å². The Labute approximate surface area is 160 Å². The Kier molecular flexibility index (Phi) is 6.06. The lowest BCUT2D eigenvalue weighted by Gasteiger charge is -2.35. The zero-order valence-corrected chi connectivity index (χ0v) is 16.3. The molecule has 1 aliphatic heterocycles. The van der Waals surface area contributed by atoms with E-state index in [0.29, 0.717) is 19.0 Å². The third-order valence-corrected chi connectivity index (χ3v) is 4.68. The van der Waals surface area contributed by atoms with Crippen LogP contribution in [0.25, 0.3) is 6.08 Å². The molecular formula is C21H27N5O. The fourth-order valence-corrected chi connectivity index (χ4v) is 3.15. The Balaban J connectivity index is 1.60. The molecule has 1 aromatic carbocycles. The topological polar surface area (TPSA) is 61.4 Å². The molecule has 0 spiro atoms. The third-order valence-electron chi connectivity index (χ3n) is 4.68. The van der Waals surface area contributed by atoms with Crippen LogP contribution >= 0.6 is 0 Å². The minimum absolute atomic E-state index is 0.0603. The van der Waals surface area contributed by atoms with Crippen LogP contribution in [-0.2, 0) is 4.79 Å². The quantitative estimate of drug-likeness (QED) is 0.826. The molecule has 2 aromatic rings. The van der Waals surface area contributed by atoms with Crippen LogP contribution in [0.15, 0.2) is 36.4 Å². The number of anilines is 2. The molecule has 1 fully saturated rings. The molecule has 0 bridgehead atoms. The lowest BCUT2D eigenvalue weighted by Crippen LogP contribution is -2.48. The average Bonchev–Trinajstić information content (AvgIpc) is 2.67. The van der Waals surface area contributed by atoms with E-state index in [9.17, 15) is 4.79 Å². The Bertz CT molecular complexity index is 825. The summed E-state index contributed by atoms with van der Waals surface area (Å²) in [5.41, 5.74) is 3.19. The van der Waals surface area contributed by atoms with Crippen LogP contribution in [0.4, 0.5) is 11.8 Å². The molecule has 1 aromatic heterocycles. The average molecular weight is 365 g/mol. The van der Waals surface area contributed by atoms with E-state index in [1.165, 1.54) is 5.56 Å². The first-order valence-electron chi connectivity index (χ1n) is 9.44. The molecule has 1 N–H and O–H groups in total. The van der Waals surface area contributed by atoms with E-state index >= 15 is 0 Å². The first kappa shape index (κ1) is 18.9. The lowest BCUT2D eigenvalue weighted by atomic mass is 10.1. The molecule has 3 rings (SSSR count). The minimum Gasteiger partial charge on any atom is -0.354 e. The van der Waals surface area contributed by atoms with Crippen molar-refractivity contribution < 1.29 is 4.79 Å². The smallest absolute Gasteiger partial charge is 0.246 e. The largest absolute Gasteiger partial charge is 0.354 e. The molecule has 6 nitrogen and oxygen atoms in total. The van der Waals surface area contributed by atoms with Gasteiger partial charge in [-0.3, -0.25) is 4.79 Å². The molecule has 0 radical (unpaired) electrons. The molecule has 142 valence electrons. The van der Waals surface area contributed by atoms with E-state index in [2.05, 4.69) is 20.2 Å². The summed E-state index contributed by atoms with van der Waals surface area (Å²) in [6, 6.07) is 10.1. The molecule has 1 aliphatic rings. The first-order valence-corrected chi connectivity index (χ1v) is 9.44. The van der Waals surface area contributed by atoms with Crippen LogP contribution in [0.3, 0.4) is 0 Å². The number of nitrogens with one attached hydrogen (secondary N) is 1. The summed E-state index contributed by atoms with van der Waals surface area (Å²) in [6.45, 7) is 9.76. The number of hydrogen-bond acceptors (Lipinski definition) is 5. The van der Waals surface area contributed by atoms with Gasteiger partial charge in [0.1, 0.15) is 5.82 Å². The van der Waals surface area contributed by atoms with Crippen molar-refractivity contribution >= 4 is 23.7 Å². The maximum atomic E-state index is 12.5. The van der Waals surface area contributed by atoms with Crippen molar-refractivity contribution in [2.75, 3.05) is 42.9 Å². The Morgan fingerprint density at radius 3 is 2.59 bits per heavy atom. The van der Waals surface area contributed by atoms with Gasteiger partial charge in [0.15, 0.2) is 0 Å². The highest BCUT2D eigenvalue weighted by Crippen LogP contribution is 2.17.